The van der Waals surface area contributed by atoms with E-state index in [1.165, 1.54) is 6.42 Å². The lowest BCUT2D eigenvalue weighted by molar-refractivity contribution is 0.0547. The molecular weight excluding hydrogens is 270 g/mol. The van der Waals surface area contributed by atoms with Gasteiger partial charge in [-0.15, -0.1) is 0 Å². The van der Waals surface area contributed by atoms with Crippen LogP contribution in [0, 0.1) is 5.92 Å². The molecule has 21 heavy (non-hydrogen) atoms. The van der Waals surface area contributed by atoms with Crippen molar-refractivity contribution in [1.29, 1.82) is 0 Å². The van der Waals surface area contributed by atoms with Crippen molar-refractivity contribution in [2.24, 2.45) is 16.8 Å². The monoisotopic (exact) mass is 293 g/mol. The van der Waals surface area contributed by atoms with E-state index in [2.05, 4.69) is 10.5 Å². The van der Waals surface area contributed by atoms with Gasteiger partial charge in [-0.05, 0) is 36.5 Å². The van der Waals surface area contributed by atoms with Gasteiger partial charge < -0.3 is 25.7 Å². The molecule has 6 heteroatoms. The molecule has 2 rings (SSSR count). The van der Waals surface area contributed by atoms with Gasteiger partial charge in [-0.3, -0.25) is 0 Å². The first-order chi connectivity index (χ1) is 10.2. The quantitative estimate of drug-likeness (QED) is 0.318. The molecule has 1 fully saturated rings. The van der Waals surface area contributed by atoms with Gasteiger partial charge >= 0.3 is 0 Å². The number of nitrogens with one attached hydrogen (secondary N) is 1. The third-order valence-electron chi connectivity index (χ3n) is 3.67. The van der Waals surface area contributed by atoms with Crippen LogP contribution in [0.2, 0.25) is 0 Å². The van der Waals surface area contributed by atoms with E-state index in [1.807, 2.05) is 12.1 Å². The molecule has 1 aliphatic heterocycles. The highest BCUT2D eigenvalue weighted by Crippen LogP contribution is 2.20. The van der Waals surface area contributed by atoms with E-state index in [0.717, 1.165) is 38.3 Å². The molecule has 0 radical (unpaired) electrons. The summed E-state index contributed by atoms with van der Waals surface area (Å²) in [6.45, 7) is 3.44. The second-order valence-corrected chi connectivity index (χ2v) is 5.23. The summed E-state index contributed by atoms with van der Waals surface area (Å²) in [5.74, 6) is 1.24. The fraction of sp³-hybridized carbons (Fsp3) is 0.533. The van der Waals surface area contributed by atoms with Gasteiger partial charge in [-0.25, -0.2) is 0 Å². The van der Waals surface area contributed by atoms with Crippen molar-refractivity contribution < 1.29 is 14.7 Å². The number of amidine groups is 1. The molecule has 0 aromatic heterocycles. The second-order valence-electron chi connectivity index (χ2n) is 5.23. The van der Waals surface area contributed by atoms with Gasteiger partial charge in [0.1, 0.15) is 5.75 Å². The zero-order chi connectivity index (χ0) is 15.1. The van der Waals surface area contributed by atoms with Crippen molar-refractivity contribution >= 4 is 5.84 Å². The summed E-state index contributed by atoms with van der Waals surface area (Å²) in [5.41, 5.74) is 7.29. The van der Waals surface area contributed by atoms with E-state index >= 15 is 0 Å². The molecule has 1 aromatic carbocycles. The van der Waals surface area contributed by atoms with Crippen LogP contribution in [-0.4, -0.2) is 37.9 Å². The highest BCUT2D eigenvalue weighted by atomic mass is 16.5. The summed E-state index contributed by atoms with van der Waals surface area (Å²) >= 11 is 0. The lowest BCUT2D eigenvalue weighted by Crippen LogP contribution is -2.28. The summed E-state index contributed by atoms with van der Waals surface area (Å²) in [4.78, 5) is 0. The number of hydrogen-bond donors (Lipinski definition) is 3. The number of oxime groups is 1. The van der Waals surface area contributed by atoms with Crippen LogP contribution in [0.3, 0.4) is 0 Å². The average molecular weight is 293 g/mol. The zero-order valence-electron chi connectivity index (χ0n) is 12.3. The number of nitrogens with zero attached hydrogens (tertiary/aromatic N) is 1. The van der Waals surface area contributed by atoms with Gasteiger partial charge in [-0.1, -0.05) is 11.2 Å². The number of rotatable bonds is 6. The number of ether oxygens (including phenoxy) is 2. The highest BCUT2D eigenvalue weighted by molar-refractivity contribution is 5.99. The zero-order valence-corrected chi connectivity index (χ0v) is 12.3. The molecule has 0 bridgehead atoms. The van der Waals surface area contributed by atoms with Gasteiger partial charge in [0, 0.05) is 19.7 Å². The standard InChI is InChI=1S/C15H23N3O3/c1-20-14-7-11(4-5-13(14)15(16)18-19)8-17-9-12-3-2-6-21-10-12/h4-5,7,12,17,19H,2-3,6,8-10H2,1H3,(H2,16,18). The van der Waals surface area contributed by atoms with E-state index in [-0.39, 0.29) is 5.84 Å². The van der Waals surface area contributed by atoms with Crippen molar-refractivity contribution in [2.75, 3.05) is 26.9 Å². The average Bonchev–Trinajstić information content (AvgIpc) is 2.55. The topological polar surface area (TPSA) is 89.1 Å². The molecule has 1 saturated heterocycles. The van der Waals surface area contributed by atoms with E-state index in [0.29, 0.717) is 17.2 Å². The van der Waals surface area contributed by atoms with Crippen molar-refractivity contribution in [3.8, 4) is 5.75 Å². The Bertz CT molecular complexity index is 485. The Labute approximate surface area is 124 Å². The molecule has 0 amide bonds. The predicted octanol–water partition coefficient (Wildman–Crippen LogP) is 1.31. The minimum absolute atomic E-state index is 0.0470. The molecule has 116 valence electrons. The maximum Gasteiger partial charge on any atom is 0.173 e. The molecule has 1 unspecified atom stereocenters. The Morgan fingerprint density at radius 3 is 3.10 bits per heavy atom. The van der Waals surface area contributed by atoms with Gasteiger partial charge in [0.15, 0.2) is 5.84 Å². The first kappa shape index (κ1) is 15.6. The highest BCUT2D eigenvalue weighted by Gasteiger charge is 2.13. The van der Waals surface area contributed by atoms with Crippen LogP contribution in [0.25, 0.3) is 0 Å². The summed E-state index contributed by atoms with van der Waals surface area (Å²) in [5, 5.41) is 15.2. The molecule has 6 nitrogen and oxygen atoms in total. The summed E-state index contributed by atoms with van der Waals surface area (Å²) in [7, 11) is 1.57. The van der Waals surface area contributed by atoms with Gasteiger partial charge in [0.2, 0.25) is 0 Å². The predicted molar refractivity (Wildman–Crippen MR) is 80.8 cm³/mol. The Balaban J connectivity index is 1.91. The lowest BCUT2D eigenvalue weighted by Gasteiger charge is -2.22. The van der Waals surface area contributed by atoms with Crippen LogP contribution in [0.4, 0.5) is 0 Å². The van der Waals surface area contributed by atoms with Crippen LogP contribution >= 0.6 is 0 Å². The van der Waals surface area contributed by atoms with Gasteiger partial charge in [-0.2, -0.15) is 0 Å². The smallest absolute Gasteiger partial charge is 0.173 e. The second kappa shape index (κ2) is 7.85. The molecule has 1 atom stereocenters. The van der Waals surface area contributed by atoms with E-state index in [1.54, 1.807) is 13.2 Å². The van der Waals surface area contributed by atoms with Crippen LogP contribution in [-0.2, 0) is 11.3 Å². The third kappa shape index (κ3) is 4.34. The first-order valence-electron chi connectivity index (χ1n) is 7.18. The maximum atomic E-state index is 8.75. The van der Waals surface area contributed by atoms with Crippen molar-refractivity contribution in [3.05, 3.63) is 29.3 Å². The molecule has 0 aliphatic carbocycles. The Kier molecular flexibility index (Phi) is 5.83. The lowest BCUT2D eigenvalue weighted by atomic mass is 10.0. The third-order valence-corrected chi connectivity index (χ3v) is 3.67. The van der Waals surface area contributed by atoms with Crippen LogP contribution in [0.1, 0.15) is 24.0 Å². The molecular formula is C15H23N3O3. The summed E-state index contributed by atoms with van der Waals surface area (Å²) in [6.07, 6.45) is 2.37. The fourth-order valence-corrected chi connectivity index (χ4v) is 2.50. The number of methoxy groups -OCH3 is 1. The SMILES string of the molecule is COc1cc(CNCC2CCCOC2)ccc1/C(N)=N/O. The molecule has 1 aliphatic rings. The molecule has 0 spiro atoms. The molecule has 0 saturated carbocycles. The van der Waals surface area contributed by atoms with Crippen molar-refractivity contribution in [2.45, 2.75) is 19.4 Å². The van der Waals surface area contributed by atoms with Crippen LogP contribution < -0.4 is 15.8 Å². The van der Waals surface area contributed by atoms with Crippen molar-refractivity contribution in [1.82, 2.24) is 5.32 Å². The first-order valence-corrected chi connectivity index (χ1v) is 7.18. The Morgan fingerprint density at radius 1 is 1.57 bits per heavy atom. The molecule has 1 heterocycles. The Hall–Kier alpha value is -1.79. The van der Waals surface area contributed by atoms with Crippen molar-refractivity contribution in [3.63, 3.8) is 0 Å². The minimum Gasteiger partial charge on any atom is -0.496 e. The van der Waals surface area contributed by atoms with E-state index < -0.39 is 0 Å². The number of benzene rings is 1. The summed E-state index contributed by atoms with van der Waals surface area (Å²) in [6, 6.07) is 5.65. The number of hydrogen-bond acceptors (Lipinski definition) is 5. The minimum atomic E-state index is 0.0470. The van der Waals surface area contributed by atoms with E-state index in [4.69, 9.17) is 20.4 Å². The maximum absolute atomic E-state index is 8.75. The normalized spacial score (nSPS) is 19.5. The van der Waals surface area contributed by atoms with Crippen LogP contribution in [0.15, 0.2) is 23.4 Å². The van der Waals surface area contributed by atoms with Gasteiger partial charge in [0.25, 0.3) is 0 Å². The molecule has 1 aromatic rings. The Morgan fingerprint density at radius 2 is 2.43 bits per heavy atom. The largest absolute Gasteiger partial charge is 0.496 e. The van der Waals surface area contributed by atoms with Crippen LogP contribution in [0.5, 0.6) is 5.75 Å². The van der Waals surface area contributed by atoms with Gasteiger partial charge in [0.05, 0.1) is 19.3 Å². The van der Waals surface area contributed by atoms with E-state index in [9.17, 15) is 0 Å². The number of nitrogens with two attached hydrogens (primary N) is 1. The fourth-order valence-electron chi connectivity index (χ4n) is 2.50. The summed E-state index contributed by atoms with van der Waals surface area (Å²) < 4.78 is 10.8. The molecule has 4 N–H and O–H groups in total.